The van der Waals surface area contributed by atoms with E-state index < -0.39 is 0 Å². The summed E-state index contributed by atoms with van der Waals surface area (Å²) in [6.45, 7) is 12.3. The van der Waals surface area contributed by atoms with Crippen molar-refractivity contribution in [2.45, 2.75) is 39.9 Å². The molecule has 4 nitrogen and oxygen atoms in total. The molecule has 0 saturated carbocycles. The van der Waals surface area contributed by atoms with Gasteiger partial charge in [-0.2, -0.15) is 5.10 Å². The third kappa shape index (κ3) is 1.97. The summed E-state index contributed by atoms with van der Waals surface area (Å²) in [7, 11) is 0. The van der Waals surface area contributed by atoms with Crippen LogP contribution in [0.5, 0.6) is 0 Å². The highest BCUT2D eigenvalue weighted by molar-refractivity contribution is 5.10. The molecule has 0 bridgehead atoms. The largest absolute Gasteiger partial charge is 0.316 e. The molecule has 2 aliphatic rings. The summed E-state index contributed by atoms with van der Waals surface area (Å²) >= 11 is 0. The van der Waals surface area contributed by atoms with Gasteiger partial charge in [0.25, 0.3) is 0 Å². The van der Waals surface area contributed by atoms with Crippen LogP contribution in [-0.2, 0) is 13.1 Å². The Kier molecular flexibility index (Phi) is 3.16. The zero-order valence-corrected chi connectivity index (χ0v) is 11.7. The van der Waals surface area contributed by atoms with Crippen molar-refractivity contribution in [3.8, 4) is 0 Å². The topological polar surface area (TPSA) is 33.1 Å². The highest BCUT2D eigenvalue weighted by atomic mass is 15.3. The Morgan fingerprint density at radius 1 is 1.44 bits per heavy atom. The highest BCUT2D eigenvalue weighted by Crippen LogP contribution is 2.33. The van der Waals surface area contributed by atoms with Gasteiger partial charge in [0.05, 0.1) is 11.4 Å². The van der Waals surface area contributed by atoms with E-state index >= 15 is 0 Å². The summed E-state index contributed by atoms with van der Waals surface area (Å²) in [4.78, 5) is 2.64. The third-order valence-corrected chi connectivity index (χ3v) is 4.71. The van der Waals surface area contributed by atoms with Crippen LogP contribution in [-0.4, -0.2) is 40.4 Å². The summed E-state index contributed by atoms with van der Waals surface area (Å²) < 4.78 is 2.15. The van der Waals surface area contributed by atoms with Crippen LogP contribution in [0.25, 0.3) is 0 Å². The first-order valence-electron chi connectivity index (χ1n) is 7.17. The van der Waals surface area contributed by atoms with E-state index in [1.807, 2.05) is 0 Å². The molecular weight excluding hydrogens is 224 g/mol. The van der Waals surface area contributed by atoms with E-state index in [1.165, 1.54) is 25.3 Å². The van der Waals surface area contributed by atoms with Crippen LogP contribution >= 0.6 is 0 Å². The van der Waals surface area contributed by atoms with Crippen LogP contribution in [0.4, 0.5) is 0 Å². The van der Waals surface area contributed by atoms with Gasteiger partial charge in [-0.05, 0) is 51.8 Å². The Hall–Kier alpha value is -0.870. The van der Waals surface area contributed by atoms with Crippen molar-refractivity contribution in [2.75, 3.05) is 19.6 Å². The second-order valence-corrected chi connectivity index (χ2v) is 5.85. The smallest absolute Gasteiger partial charge is 0.0597 e. The van der Waals surface area contributed by atoms with Crippen LogP contribution in [0.15, 0.2) is 6.07 Å². The molecule has 0 aromatic carbocycles. The third-order valence-electron chi connectivity index (χ3n) is 4.71. The average Bonchev–Trinajstić information content (AvgIpc) is 2.99. The van der Waals surface area contributed by atoms with Crippen molar-refractivity contribution < 1.29 is 0 Å². The minimum atomic E-state index is 0.700. The predicted molar refractivity (Wildman–Crippen MR) is 72.4 cm³/mol. The van der Waals surface area contributed by atoms with Crippen LogP contribution in [0, 0.1) is 18.8 Å². The number of aryl methyl sites for hydroxylation is 2. The molecule has 2 aliphatic heterocycles. The van der Waals surface area contributed by atoms with Gasteiger partial charge in [0, 0.05) is 25.7 Å². The number of likely N-dealkylation sites (tertiary alicyclic amines) is 1. The van der Waals surface area contributed by atoms with Crippen molar-refractivity contribution in [3.63, 3.8) is 0 Å². The molecule has 3 rings (SSSR count). The van der Waals surface area contributed by atoms with Gasteiger partial charge in [-0.1, -0.05) is 0 Å². The van der Waals surface area contributed by atoms with E-state index in [2.05, 4.69) is 46.8 Å². The van der Waals surface area contributed by atoms with Gasteiger partial charge in [-0.3, -0.25) is 9.58 Å². The summed E-state index contributed by atoms with van der Waals surface area (Å²) in [5.74, 6) is 1.71. The number of hydrogen-bond donors (Lipinski definition) is 1. The molecule has 0 aliphatic carbocycles. The Balaban J connectivity index is 1.73. The van der Waals surface area contributed by atoms with Gasteiger partial charge >= 0.3 is 0 Å². The van der Waals surface area contributed by atoms with Crippen molar-refractivity contribution >= 4 is 0 Å². The summed E-state index contributed by atoms with van der Waals surface area (Å²) in [5, 5.41) is 8.07. The first-order valence-corrected chi connectivity index (χ1v) is 7.17. The van der Waals surface area contributed by atoms with E-state index in [0.29, 0.717) is 6.04 Å². The molecule has 100 valence electrons. The first-order chi connectivity index (χ1) is 8.69. The Bertz CT molecular complexity index is 425. The van der Waals surface area contributed by atoms with E-state index in [-0.39, 0.29) is 0 Å². The zero-order valence-electron chi connectivity index (χ0n) is 11.7. The number of nitrogens with one attached hydrogen (secondary N) is 1. The maximum absolute atomic E-state index is 4.55. The molecule has 18 heavy (non-hydrogen) atoms. The quantitative estimate of drug-likeness (QED) is 0.874. The molecule has 1 N–H and O–H groups in total. The Labute approximate surface area is 109 Å². The fourth-order valence-corrected chi connectivity index (χ4v) is 3.67. The number of aromatic nitrogens is 2. The van der Waals surface area contributed by atoms with Gasteiger partial charge in [0.1, 0.15) is 0 Å². The fraction of sp³-hybridized carbons (Fsp3) is 0.786. The number of rotatable bonds is 3. The summed E-state index contributed by atoms with van der Waals surface area (Å²) in [6.07, 6.45) is 0. The molecule has 0 spiro atoms. The molecule has 1 aromatic rings. The monoisotopic (exact) mass is 248 g/mol. The molecule has 0 amide bonds. The lowest BCUT2D eigenvalue weighted by Crippen LogP contribution is -2.33. The van der Waals surface area contributed by atoms with Crippen LogP contribution in [0.3, 0.4) is 0 Å². The number of hydrogen-bond acceptors (Lipinski definition) is 3. The average molecular weight is 248 g/mol. The van der Waals surface area contributed by atoms with Crippen molar-refractivity contribution in [2.24, 2.45) is 11.8 Å². The van der Waals surface area contributed by atoms with Crippen molar-refractivity contribution in [3.05, 3.63) is 17.5 Å². The van der Waals surface area contributed by atoms with Gasteiger partial charge in [0.15, 0.2) is 0 Å². The van der Waals surface area contributed by atoms with Crippen LogP contribution in [0.1, 0.15) is 25.2 Å². The lowest BCUT2D eigenvalue weighted by molar-refractivity contribution is 0.225. The second kappa shape index (κ2) is 4.67. The number of nitrogens with zero attached hydrogens (tertiary/aromatic N) is 3. The molecule has 1 aromatic heterocycles. The van der Waals surface area contributed by atoms with Gasteiger partial charge in [0.2, 0.25) is 0 Å². The van der Waals surface area contributed by atoms with E-state index in [0.717, 1.165) is 30.6 Å². The molecule has 3 unspecified atom stereocenters. The van der Waals surface area contributed by atoms with E-state index in [1.54, 1.807) is 0 Å². The molecule has 3 atom stereocenters. The zero-order chi connectivity index (χ0) is 12.7. The Morgan fingerprint density at radius 3 is 3.00 bits per heavy atom. The van der Waals surface area contributed by atoms with Crippen LogP contribution < -0.4 is 5.32 Å². The fourth-order valence-electron chi connectivity index (χ4n) is 3.67. The van der Waals surface area contributed by atoms with Crippen LogP contribution in [0.2, 0.25) is 0 Å². The molecule has 2 saturated heterocycles. The normalized spacial score (nSPS) is 32.1. The second-order valence-electron chi connectivity index (χ2n) is 5.85. The van der Waals surface area contributed by atoms with E-state index in [4.69, 9.17) is 0 Å². The van der Waals surface area contributed by atoms with Crippen molar-refractivity contribution in [1.29, 1.82) is 0 Å². The number of fused-ring (bicyclic) bond motifs is 1. The predicted octanol–water partition coefficient (Wildman–Crippen LogP) is 1.25. The standard InChI is InChI=1S/C14H24N4/c1-4-18-13(5-10(2)16-18)9-17-8-12-6-15-7-14(12)11(17)3/h5,11-12,14-15H,4,6-9H2,1-3H3. The lowest BCUT2D eigenvalue weighted by Gasteiger charge is -2.24. The SMILES string of the molecule is CCn1nc(C)cc1CN1CC2CNCC2C1C. The lowest BCUT2D eigenvalue weighted by atomic mass is 9.95. The van der Waals surface area contributed by atoms with Gasteiger partial charge in [-0.25, -0.2) is 0 Å². The van der Waals surface area contributed by atoms with Gasteiger partial charge in [-0.15, -0.1) is 0 Å². The molecule has 4 heteroatoms. The minimum absolute atomic E-state index is 0.700. The maximum Gasteiger partial charge on any atom is 0.0597 e. The summed E-state index contributed by atoms with van der Waals surface area (Å²) in [6, 6.07) is 2.94. The molecular formula is C14H24N4. The summed E-state index contributed by atoms with van der Waals surface area (Å²) in [5.41, 5.74) is 2.51. The Morgan fingerprint density at radius 2 is 2.28 bits per heavy atom. The molecule has 2 fully saturated rings. The highest BCUT2D eigenvalue weighted by Gasteiger charge is 2.41. The minimum Gasteiger partial charge on any atom is -0.316 e. The molecule has 0 radical (unpaired) electrons. The van der Waals surface area contributed by atoms with Crippen molar-refractivity contribution in [1.82, 2.24) is 20.0 Å². The van der Waals surface area contributed by atoms with Gasteiger partial charge < -0.3 is 5.32 Å². The van der Waals surface area contributed by atoms with E-state index in [9.17, 15) is 0 Å². The maximum atomic E-state index is 4.55. The first kappa shape index (κ1) is 12.2. The molecule has 3 heterocycles.